The standard InChI is InChI=1S/C14H20F3N5O/c1-10-8-11(20-13(18-2)19-10)12(23)22-5-3-4-21(6-7-22)9-14(15,16)17/h8H,3-7,9H2,1-2H3,(H,18,19,20). The van der Waals surface area contributed by atoms with Crippen molar-refractivity contribution in [2.75, 3.05) is 45.1 Å². The second-order valence-corrected chi connectivity index (χ2v) is 5.51. The van der Waals surface area contributed by atoms with Crippen LogP contribution in [0, 0.1) is 6.92 Å². The second-order valence-electron chi connectivity index (χ2n) is 5.51. The smallest absolute Gasteiger partial charge is 0.357 e. The van der Waals surface area contributed by atoms with Crippen molar-refractivity contribution in [2.45, 2.75) is 19.5 Å². The van der Waals surface area contributed by atoms with E-state index in [1.54, 1.807) is 24.9 Å². The van der Waals surface area contributed by atoms with Crippen LogP contribution in [-0.2, 0) is 0 Å². The zero-order chi connectivity index (χ0) is 17.0. The van der Waals surface area contributed by atoms with Crippen LogP contribution >= 0.6 is 0 Å². The van der Waals surface area contributed by atoms with Crippen molar-refractivity contribution >= 4 is 11.9 Å². The van der Waals surface area contributed by atoms with Gasteiger partial charge in [-0.15, -0.1) is 0 Å². The Kier molecular flexibility index (Phi) is 5.40. The minimum absolute atomic E-state index is 0.203. The number of aromatic nitrogens is 2. The van der Waals surface area contributed by atoms with Crippen LogP contribution in [0.1, 0.15) is 22.6 Å². The summed E-state index contributed by atoms with van der Waals surface area (Å²) in [7, 11) is 1.66. The molecule has 0 saturated carbocycles. The first-order valence-electron chi connectivity index (χ1n) is 7.40. The van der Waals surface area contributed by atoms with Crippen LogP contribution in [0.5, 0.6) is 0 Å². The molecule has 1 aliphatic heterocycles. The third kappa shape index (κ3) is 5.05. The number of nitrogens with zero attached hydrogens (tertiary/aromatic N) is 4. The van der Waals surface area contributed by atoms with Crippen molar-refractivity contribution < 1.29 is 18.0 Å². The van der Waals surface area contributed by atoms with Gasteiger partial charge < -0.3 is 10.2 Å². The minimum Gasteiger partial charge on any atom is -0.357 e. The zero-order valence-corrected chi connectivity index (χ0v) is 13.2. The van der Waals surface area contributed by atoms with Gasteiger partial charge in [-0.25, -0.2) is 9.97 Å². The highest BCUT2D eigenvalue weighted by Gasteiger charge is 2.32. The first kappa shape index (κ1) is 17.5. The quantitative estimate of drug-likeness (QED) is 0.910. The summed E-state index contributed by atoms with van der Waals surface area (Å²) >= 11 is 0. The lowest BCUT2D eigenvalue weighted by Gasteiger charge is -2.22. The molecule has 1 aromatic rings. The highest BCUT2D eigenvalue weighted by molar-refractivity contribution is 5.92. The molecule has 0 radical (unpaired) electrons. The molecule has 1 aromatic heterocycles. The van der Waals surface area contributed by atoms with Crippen molar-refractivity contribution in [2.24, 2.45) is 0 Å². The molecular weight excluding hydrogens is 311 g/mol. The van der Waals surface area contributed by atoms with Crippen LogP contribution in [-0.4, -0.2) is 71.6 Å². The molecule has 23 heavy (non-hydrogen) atoms. The van der Waals surface area contributed by atoms with E-state index in [9.17, 15) is 18.0 Å². The highest BCUT2D eigenvalue weighted by Crippen LogP contribution is 2.18. The predicted molar refractivity (Wildman–Crippen MR) is 79.3 cm³/mol. The van der Waals surface area contributed by atoms with Gasteiger partial charge in [-0.05, 0) is 19.4 Å². The SMILES string of the molecule is CNc1nc(C)cc(C(=O)N2CCCN(CC(F)(F)F)CC2)n1. The van der Waals surface area contributed by atoms with Gasteiger partial charge in [-0.1, -0.05) is 0 Å². The number of carbonyl (C=O) groups excluding carboxylic acids is 1. The van der Waals surface area contributed by atoms with Crippen LogP contribution in [0.15, 0.2) is 6.07 Å². The monoisotopic (exact) mass is 331 g/mol. The Morgan fingerprint density at radius 1 is 1.26 bits per heavy atom. The molecule has 1 N–H and O–H groups in total. The van der Waals surface area contributed by atoms with Crippen molar-refractivity contribution in [3.63, 3.8) is 0 Å². The van der Waals surface area contributed by atoms with Gasteiger partial charge in [0.2, 0.25) is 5.95 Å². The van der Waals surface area contributed by atoms with Crippen LogP contribution in [0.25, 0.3) is 0 Å². The molecule has 6 nitrogen and oxygen atoms in total. The Hall–Kier alpha value is -1.90. The number of hydrogen-bond donors (Lipinski definition) is 1. The summed E-state index contributed by atoms with van der Waals surface area (Å²) in [6.07, 6.45) is -3.71. The molecule has 128 valence electrons. The van der Waals surface area contributed by atoms with Gasteiger partial charge in [0.1, 0.15) is 5.69 Å². The van der Waals surface area contributed by atoms with Crippen molar-refractivity contribution in [1.29, 1.82) is 0 Å². The molecule has 0 atom stereocenters. The molecule has 0 bridgehead atoms. The maximum atomic E-state index is 12.5. The number of aryl methyl sites for hydroxylation is 1. The van der Waals surface area contributed by atoms with Gasteiger partial charge in [0.05, 0.1) is 6.54 Å². The number of alkyl halides is 3. The molecule has 1 saturated heterocycles. The Balaban J connectivity index is 2.05. The Labute approximate surface area is 132 Å². The molecule has 2 rings (SSSR count). The lowest BCUT2D eigenvalue weighted by molar-refractivity contribution is -0.145. The zero-order valence-electron chi connectivity index (χ0n) is 13.2. The van der Waals surface area contributed by atoms with E-state index in [1.807, 2.05) is 0 Å². The summed E-state index contributed by atoms with van der Waals surface area (Å²) < 4.78 is 37.4. The number of carbonyl (C=O) groups is 1. The Morgan fingerprint density at radius 3 is 2.65 bits per heavy atom. The fraction of sp³-hybridized carbons (Fsp3) is 0.643. The summed E-state index contributed by atoms with van der Waals surface area (Å²) in [4.78, 5) is 23.7. The van der Waals surface area contributed by atoms with E-state index in [1.165, 1.54) is 4.90 Å². The first-order valence-corrected chi connectivity index (χ1v) is 7.40. The van der Waals surface area contributed by atoms with Crippen LogP contribution in [0.2, 0.25) is 0 Å². The highest BCUT2D eigenvalue weighted by atomic mass is 19.4. The van der Waals surface area contributed by atoms with Crippen molar-refractivity contribution in [3.05, 3.63) is 17.5 Å². The summed E-state index contributed by atoms with van der Waals surface area (Å²) in [6, 6.07) is 1.58. The van der Waals surface area contributed by atoms with E-state index in [2.05, 4.69) is 15.3 Å². The van der Waals surface area contributed by atoms with E-state index in [0.29, 0.717) is 31.2 Å². The summed E-state index contributed by atoms with van der Waals surface area (Å²) in [5.74, 6) is 0.0720. The Morgan fingerprint density at radius 2 is 2.00 bits per heavy atom. The Bertz CT molecular complexity index is 564. The topological polar surface area (TPSA) is 61.4 Å². The van der Waals surface area contributed by atoms with E-state index in [0.717, 1.165) is 0 Å². The normalized spacial score (nSPS) is 17.0. The predicted octanol–water partition coefficient (Wildman–Crippen LogP) is 1.54. The molecule has 1 aliphatic rings. The van der Waals surface area contributed by atoms with Crippen molar-refractivity contribution in [3.8, 4) is 0 Å². The molecular formula is C14H20F3N5O. The third-order valence-corrected chi connectivity index (χ3v) is 3.58. The van der Waals surface area contributed by atoms with Gasteiger partial charge in [0.15, 0.2) is 0 Å². The third-order valence-electron chi connectivity index (χ3n) is 3.58. The molecule has 1 amide bonds. The molecule has 1 fully saturated rings. The average molecular weight is 331 g/mol. The summed E-state index contributed by atoms with van der Waals surface area (Å²) in [5, 5.41) is 2.78. The fourth-order valence-electron chi connectivity index (χ4n) is 2.54. The molecule has 0 unspecified atom stereocenters. The van der Waals surface area contributed by atoms with Gasteiger partial charge in [-0.2, -0.15) is 13.2 Å². The number of halogens is 3. The summed E-state index contributed by atoms with van der Waals surface area (Å²) in [6.45, 7) is 2.03. The van der Waals surface area contributed by atoms with E-state index < -0.39 is 12.7 Å². The van der Waals surface area contributed by atoms with Crippen LogP contribution in [0.3, 0.4) is 0 Å². The maximum absolute atomic E-state index is 12.5. The van der Waals surface area contributed by atoms with Crippen LogP contribution in [0.4, 0.5) is 19.1 Å². The van der Waals surface area contributed by atoms with Crippen LogP contribution < -0.4 is 5.32 Å². The van der Waals surface area contributed by atoms with E-state index >= 15 is 0 Å². The number of hydrogen-bond acceptors (Lipinski definition) is 5. The van der Waals surface area contributed by atoms with Gasteiger partial charge in [0, 0.05) is 38.9 Å². The molecule has 2 heterocycles. The molecule has 9 heteroatoms. The van der Waals surface area contributed by atoms with Gasteiger partial charge in [0.25, 0.3) is 5.91 Å². The van der Waals surface area contributed by atoms with Gasteiger partial charge in [-0.3, -0.25) is 9.69 Å². The molecule has 0 aliphatic carbocycles. The lowest BCUT2D eigenvalue weighted by Crippen LogP contribution is -2.38. The maximum Gasteiger partial charge on any atom is 0.401 e. The van der Waals surface area contributed by atoms with E-state index in [-0.39, 0.29) is 24.7 Å². The second kappa shape index (κ2) is 7.12. The van der Waals surface area contributed by atoms with Crippen molar-refractivity contribution in [1.82, 2.24) is 19.8 Å². The fourth-order valence-corrected chi connectivity index (χ4v) is 2.54. The number of amides is 1. The average Bonchev–Trinajstić information content (AvgIpc) is 2.69. The van der Waals surface area contributed by atoms with E-state index in [4.69, 9.17) is 0 Å². The first-order chi connectivity index (χ1) is 10.8. The minimum atomic E-state index is -4.22. The largest absolute Gasteiger partial charge is 0.401 e. The number of rotatable bonds is 3. The summed E-state index contributed by atoms with van der Waals surface area (Å²) in [5.41, 5.74) is 0.910. The molecule has 0 aromatic carbocycles. The number of nitrogens with one attached hydrogen (secondary N) is 1. The van der Waals surface area contributed by atoms with Gasteiger partial charge >= 0.3 is 6.18 Å². The molecule has 0 spiro atoms. The number of anilines is 1. The lowest BCUT2D eigenvalue weighted by atomic mass is 10.3.